The van der Waals surface area contributed by atoms with Gasteiger partial charge < -0.3 is 19.5 Å². The van der Waals surface area contributed by atoms with Gasteiger partial charge in [0.1, 0.15) is 5.15 Å². The fraction of sp³-hybridized carbons (Fsp3) is 0.292. The van der Waals surface area contributed by atoms with Crippen LogP contribution in [-0.4, -0.2) is 54.3 Å². The van der Waals surface area contributed by atoms with Crippen molar-refractivity contribution in [3.05, 3.63) is 77.0 Å². The van der Waals surface area contributed by atoms with Crippen molar-refractivity contribution in [1.82, 2.24) is 9.88 Å². The standard InChI is InChI=1S/C24H23ClN4O3/c1-28-13-16-10-11-29(19(16)14-28)18-5-3-17(4-6-18)27-24(31)21-8-7-20(32-21)23(30)15-2-9-22(25)26-12-15/h2-9,12,16,19H,10-11,13-14H2,1H3,(H,27,31)/t16-,19+/m1/s1. The summed E-state index contributed by atoms with van der Waals surface area (Å²) in [6.45, 7) is 3.33. The number of nitrogens with one attached hydrogen (secondary N) is 1. The van der Waals surface area contributed by atoms with Gasteiger partial charge in [-0.15, -0.1) is 0 Å². The number of carbonyl (C=O) groups is 2. The van der Waals surface area contributed by atoms with Gasteiger partial charge in [0, 0.05) is 48.8 Å². The largest absolute Gasteiger partial charge is 0.447 e. The molecule has 1 N–H and O–H groups in total. The van der Waals surface area contributed by atoms with E-state index in [2.05, 4.69) is 27.1 Å². The predicted molar refractivity (Wildman–Crippen MR) is 123 cm³/mol. The summed E-state index contributed by atoms with van der Waals surface area (Å²) in [5.41, 5.74) is 2.18. The average Bonchev–Trinajstić information content (AvgIpc) is 3.50. The van der Waals surface area contributed by atoms with Gasteiger partial charge in [-0.2, -0.15) is 0 Å². The Balaban J connectivity index is 1.24. The molecule has 1 amide bonds. The highest BCUT2D eigenvalue weighted by molar-refractivity contribution is 6.29. The lowest BCUT2D eigenvalue weighted by molar-refractivity contribution is 0.0979. The minimum Gasteiger partial charge on any atom is -0.447 e. The van der Waals surface area contributed by atoms with Gasteiger partial charge in [-0.1, -0.05) is 11.6 Å². The quantitative estimate of drug-likeness (QED) is 0.468. The summed E-state index contributed by atoms with van der Waals surface area (Å²) in [5, 5.41) is 3.13. The Morgan fingerprint density at radius 3 is 2.59 bits per heavy atom. The Kier molecular flexibility index (Phi) is 5.45. The average molecular weight is 451 g/mol. The number of likely N-dealkylation sites (N-methyl/N-ethyl adjacent to an activating group) is 1. The van der Waals surface area contributed by atoms with E-state index in [0.29, 0.717) is 22.4 Å². The van der Waals surface area contributed by atoms with Crippen LogP contribution in [-0.2, 0) is 0 Å². The number of benzene rings is 1. The highest BCUT2D eigenvalue weighted by atomic mass is 35.5. The molecule has 0 bridgehead atoms. The van der Waals surface area contributed by atoms with Crippen molar-refractivity contribution in [3.8, 4) is 0 Å². The normalized spacial score (nSPS) is 20.4. The van der Waals surface area contributed by atoms with Crippen LogP contribution < -0.4 is 10.2 Å². The van der Waals surface area contributed by atoms with E-state index in [1.165, 1.54) is 36.5 Å². The smallest absolute Gasteiger partial charge is 0.291 e. The lowest BCUT2D eigenvalue weighted by atomic mass is 10.0. The van der Waals surface area contributed by atoms with Gasteiger partial charge in [-0.3, -0.25) is 9.59 Å². The Labute approximate surface area is 191 Å². The zero-order valence-corrected chi connectivity index (χ0v) is 18.4. The number of nitrogens with zero attached hydrogens (tertiary/aromatic N) is 3. The van der Waals surface area contributed by atoms with E-state index in [9.17, 15) is 9.59 Å². The Morgan fingerprint density at radius 1 is 1.06 bits per heavy atom. The van der Waals surface area contributed by atoms with Gasteiger partial charge in [0.25, 0.3) is 5.91 Å². The van der Waals surface area contributed by atoms with Crippen molar-refractivity contribution in [2.24, 2.45) is 5.92 Å². The van der Waals surface area contributed by atoms with E-state index in [1.807, 2.05) is 24.3 Å². The first-order valence-corrected chi connectivity index (χ1v) is 11.0. The molecule has 0 unspecified atom stereocenters. The molecule has 2 aliphatic heterocycles. The van der Waals surface area contributed by atoms with Gasteiger partial charge in [0.15, 0.2) is 11.5 Å². The summed E-state index contributed by atoms with van der Waals surface area (Å²) in [7, 11) is 2.18. The van der Waals surface area contributed by atoms with Gasteiger partial charge in [-0.25, -0.2) is 4.98 Å². The molecule has 164 valence electrons. The number of rotatable bonds is 5. The molecule has 2 aromatic heterocycles. The molecule has 2 aliphatic rings. The highest BCUT2D eigenvalue weighted by Gasteiger charge is 2.39. The number of fused-ring (bicyclic) bond motifs is 1. The van der Waals surface area contributed by atoms with Gasteiger partial charge in [0.2, 0.25) is 5.78 Å². The molecule has 5 rings (SSSR count). The number of pyridine rings is 1. The third-order valence-corrected chi connectivity index (χ3v) is 6.45. The van der Waals surface area contributed by atoms with Crippen LogP contribution in [0.4, 0.5) is 11.4 Å². The number of amides is 1. The molecule has 8 heteroatoms. The lowest BCUT2D eigenvalue weighted by Crippen LogP contribution is -2.34. The number of halogens is 1. The van der Waals surface area contributed by atoms with Gasteiger partial charge in [-0.05, 0) is 67.9 Å². The maximum atomic E-state index is 12.6. The molecule has 4 heterocycles. The molecule has 7 nitrogen and oxygen atoms in total. The molecule has 2 saturated heterocycles. The van der Waals surface area contributed by atoms with Gasteiger partial charge >= 0.3 is 0 Å². The number of anilines is 2. The van der Waals surface area contributed by atoms with Crippen LogP contribution in [0.3, 0.4) is 0 Å². The molecule has 3 aromatic rings. The van der Waals surface area contributed by atoms with E-state index in [-0.39, 0.29) is 17.3 Å². The van der Waals surface area contributed by atoms with E-state index in [4.69, 9.17) is 16.0 Å². The van der Waals surface area contributed by atoms with E-state index in [0.717, 1.165) is 25.6 Å². The summed E-state index contributed by atoms with van der Waals surface area (Å²) in [5.74, 6) is 0.0955. The number of hydrogen-bond acceptors (Lipinski definition) is 6. The molecular weight excluding hydrogens is 428 g/mol. The van der Waals surface area contributed by atoms with Crippen LogP contribution in [0.2, 0.25) is 5.15 Å². The zero-order valence-electron chi connectivity index (χ0n) is 17.6. The van der Waals surface area contributed by atoms with Crippen molar-refractivity contribution in [2.45, 2.75) is 12.5 Å². The van der Waals surface area contributed by atoms with Crippen molar-refractivity contribution < 1.29 is 14.0 Å². The molecule has 2 atom stereocenters. The second kappa shape index (κ2) is 8.41. The molecule has 0 spiro atoms. The Bertz CT molecular complexity index is 1140. The fourth-order valence-corrected chi connectivity index (χ4v) is 4.77. The van der Waals surface area contributed by atoms with Crippen molar-refractivity contribution >= 4 is 34.7 Å². The van der Waals surface area contributed by atoms with Crippen molar-refractivity contribution in [1.29, 1.82) is 0 Å². The fourth-order valence-electron chi connectivity index (χ4n) is 4.66. The van der Waals surface area contributed by atoms with Crippen LogP contribution in [0.5, 0.6) is 0 Å². The first-order chi connectivity index (χ1) is 15.5. The van der Waals surface area contributed by atoms with E-state index in [1.54, 1.807) is 6.07 Å². The number of likely N-dealkylation sites (tertiary alicyclic amines) is 1. The summed E-state index contributed by atoms with van der Waals surface area (Å²) in [6, 6.07) is 14.5. The third kappa shape index (κ3) is 4.01. The van der Waals surface area contributed by atoms with Crippen LogP contribution >= 0.6 is 11.6 Å². The molecule has 2 fully saturated rings. The van der Waals surface area contributed by atoms with Gasteiger partial charge in [0.05, 0.1) is 0 Å². The topological polar surface area (TPSA) is 78.7 Å². The molecular formula is C24H23ClN4O3. The number of furan rings is 1. The molecule has 0 radical (unpaired) electrons. The summed E-state index contributed by atoms with van der Waals surface area (Å²) >= 11 is 5.76. The molecule has 1 aromatic carbocycles. The lowest BCUT2D eigenvalue weighted by Gasteiger charge is -2.26. The highest BCUT2D eigenvalue weighted by Crippen LogP contribution is 2.34. The number of carbonyl (C=O) groups excluding carboxylic acids is 2. The molecule has 0 saturated carbocycles. The van der Waals surface area contributed by atoms with Crippen molar-refractivity contribution in [3.63, 3.8) is 0 Å². The molecule has 32 heavy (non-hydrogen) atoms. The number of hydrogen-bond donors (Lipinski definition) is 1. The monoisotopic (exact) mass is 450 g/mol. The number of aromatic nitrogens is 1. The summed E-state index contributed by atoms with van der Waals surface area (Å²) < 4.78 is 5.49. The van der Waals surface area contributed by atoms with E-state index < -0.39 is 5.91 Å². The minimum absolute atomic E-state index is 0.0655. The second-order valence-electron chi connectivity index (χ2n) is 8.39. The van der Waals surface area contributed by atoms with E-state index >= 15 is 0 Å². The maximum Gasteiger partial charge on any atom is 0.291 e. The first-order valence-electron chi connectivity index (χ1n) is 10.6. The van der Waals surface area contributed by atoms with Crippen LogP contribution in [0.1, 0.15) is 33.1 Å². The maximum absolute atomic E-state index is 12.6. The minimum atomic E-state index is -0.412. The van der Waals surface area contributed by atoms with Crippen molar-refractivity contribution in [2.75, 3.05) is 36.9 Å². The number of ketones is 1. The van der Waals surface area contributed by atoms with Crippen LogP contribution in [0.25, 0.3) is 0 Å². The third-order valence-electron chi connectivity index (χ3n) is 6.23. The van der Waals surface area contributed by atoms with Crippen LogP contribution in [0, 0.1) is 5.92 Å². The Hall–Kier alpha value is -3.16. The first kappa shape index (κ1) is 20.7. The second-order valence-corrected chi connectivity index (χ2v) is 8.78. The Morgan fingerprint density at radius 2 is 1.84 bits per heavy atom. The van der Waals surface area contributed by atoms with Crippen LogP contribution in [0.15, 0.2) is 59.1 Å². The molecule has 0 aliphatic carbocycles. The SMILES string of the molecule is CN1C[C@H]2CCN(c3ccc(NC(=O)c4ccc(C(=O)c5ccc(Cl)nc5)o4)cc3)[C@H]2C1. The predicted octanol–water partition coefficient (Wildman–Crippen LogP) is 3.95. The summed E-state index contributed by atoms with van der Waals surface area (Å²) in [4.78, 5) is 33.9. The zero-order chi connectivity index (χ0) is 22.2. The summed E-state index contributed by atoms with van der Waals surface area (Å²) in [6.07, 6.45) is 2.60.